The van der Waals surface area contributed by atoms with Crippen LogP contribution in [0.4, 0.5) is 0 Å². The Morgan fingerprint density at radius 2 is 1.33 bits per heavy atom. The Balaban J connectivity index is 2.25. The zero-order valence-electron chi connectivity index (χ0n) is 11.0. The Morgan fingerprint density at radius 3 is 2.00 bits per heavy atom. The van der Waals surface area contributed by atoms with Crippen molar-refractivity contribution >= 4 is 10.0 Å². The van der Waals surface area contributed by atoms with E-state index in [1.54, 1.807) is 48.5 Å². The first-order valence-corrected chi connectivity index (χ1v) is 7.80. The molecule has 1 N–H and O–H groups in total. The maximum Gasteiger partial charge on any atom is 0.268 e. The lowest BCUT2D eigenvalue weighted by atomic mass is 10.0. The molecule has 0 saturated carbocycles. The van der Waals surface area contributed by atoms with Crippen molar-refractivity contribution in [2.45, 2.75) is 4.90 Å². The minimum Gasteiger partial charge on any atom is -0.507 e. The van der Waals surface area contributed by atoms with Crippen LogP contribution in [0.5, 0.6) is 5.75 Å². The monoisotopic (exact) mass is 299 g/mol. The molecule has 4 nitrogen and oxygen atoms in total. The van der Waals surface area contributed by atoms with E-state index in [4.69, 9.17) is 0 Å². The fourth-order valence-corrected chi connectivity index (χ4v) is 3.60. The Kier molecular flexibility index (Phi) is 3.27. The number of aromatic hydroxyl groups is 1. The Labute approximate surface area is 123 Å². The molecule has 0 unspecified atom stereocenters. The van der Waals surface area contributed by atoms with Crippen molar-refractivity contribution in [2.24, 2.45) is 0 Å². The number of hydrogen-bond donors (Lipinski definition) is 1. The molecule has 3 rings (SSSR count). The van der Waals surface area contributed by atoms with Gasteiger partial charge in [-0.25, -0.2) is 12.4 Å². The van der Waals surface area contributed by atoms with Crippen LogP contribution in [0.1, 0.15) is 0 Å². The third kappa shape index (κ3) is 2.32. The molecule has 1 heterocycles. The summed E-state index contributed by atoms with van der Waals surface area (Å²) < 4.78 is 26.5. The lowest BCUT2D eigenvalue weighted by Crippen LogP contribution is -2.12. The number of rotatable bonds is 3. The van der Waals surface area contributed by atoms with Crippen LogP contribution < -0.4 is 0 Å². The molecule has 1 aromatic heterocycles. The number of aromatic nitrogens is 1. The second kappa shape index (κ2) is 5.10. The van der Waals surface area contributed by atoms with E-state index in [1.807, 2.05) is 0 Å². The first-order valence-electron chi connectivity index (χ1n) is 6.36. The van der Waals surface area contributed by atoms with Crippen molar-refractivity contribution in [3.63, 3.8) is 0 Å². The van der Waals surface area contributed by atoms with E-state index in [2.05, 4.69) is 0 Å². The van der Waals surface area contributed by atoms with Gasteiger partial charge in [-0.3, -0.25) is 0 Å². The Hall–Kier alpha value is -2.53. The molecule has 0 radical (unpaired) electrons. The van der Waals surface area contributed by atoms with Gasteiger partial charge in [0.25, 0.3) is 10.0 Å². The highest BCUT2D eigenvalue weighted by molar-refractivity contribution is 7.90. The molecule has 0 fully saturated rings. The van der Waals surface area contributed by atoms with E-state index >= 15 is 0 Å². The van der Waals surface area contributed by atoms with Gasteiger partial charge in [0.1, 0.15) is 5.75 Å². The first-order chi connectivity index (χ1) is 10.1. The summed E-state index contributed by atoms with van der Waals surface area (Å²) in [6.45, 7) is 0. The normalized spacial score (nSPS) is 11.4. The van der Waals surface area contributed by atoms with Gasteiger partial charge in [0.05, 0.1) is 4.90 Å². The number of benzene rings is 2. The molecule has 0 aliphatic carbocycles. The van der Waals surface area contributed by atoms with Gasteiger partial charge >= 0.3 is 0 Å². The topological polar surface area (TPSA) is 59.3 Å². The van der Waals surface area contributed by atoms with Gasteiger partial charge in [0, 0.05) is 23.5 Å². The number of nitrogens with zero attached hydrogens (tertiary/aromatic N) is 1. The van der Waals surface area contributed by atoms with Crippen LogP contribution in [-0.4, -0.2) is 17.5 Å². The molecule has 106 valence electrons. The van der Waals surface area contributed by atoms with Gasteiger partial charge in [-0.2, -0.15) is 0 Å². The number of hydrogen-bond acceptors (Lipinski definition) is 3. The smallest absolute Gasteiger partial charge is 0.268 e. The maximum absolute atomic E-state index is 12.7. The first kappa shape index (κ1) is 13.5. The molecule has 0 saturated heterocycles. The SMILES string of the molecule is O=S(=O)(c1ccccc1-c1ccccc1O)n1cccc1. The van der Waals surface area contributed by atoms with E-state index in [0.29, 0.717) is 11.1 Å². The second-order valence-electron chi connectivity index (χ2n) is 4.53. The molecule has 0 bridgehead atoms. The molecule has 2 aromatic carbocycles. The fraction of sp³-hybridized carbons (Fsp3) is 0. The maximum atomic E-state index is 12.7. The lowest BCUT2D eigenvalue weighted by Gasteiger charge is -2.12. The van der Waals surface area contributed by atoms with Crippen molar-refractivity contribution in [3.05, 3.63) is 73.1 Å². The standard InChI is InChI=1S/C16H13NO3S/c18-15-9-3-1-7-13(15)14-8-2-4-10-16(14)21(19,20)17-11-5-6-12-17/h1-12,18H. The number of phenolic OH excluding ortho intramolecular Hbond substituents is 1. The van der Waals surface area contributed by atoms with Crippen molar-refractivity contribution in [2.75, 3.05) is 0 Å². The summed E-state index contributed by atoms with van der Waals surface area (Å²) in [5.41, 5.74) is 0.966. The van der Waals surface area contributed by atoms with Crippen molar-refractivity contribution in [3.8, 4) is 16.9 Å². The molecule has 0 spiro atoms. The van der Waals surface area contributed by atoms with E-state index in [-0.39, 0.29) is 10.6 Å². The van der Waals surface area contributed by atoms with Crippen LogP contribution in [0.3, 0.4) is 0 Å². The predicted octanol–water partition coefficient (Wildman–Crippen LogP) is 3.10. The highest BCUT2D eigenvalue weighted by Gasteiger charge is 2.21. The van der Waals surface area contributed by atoms with Crippen molar-refractivity contribution < 1.29 is 13.5 Å². The fourth-order valence-electron chi connectivity index (χ4n) is 2.21. The van der Waals surface area contributed by atoms with E-state index in [9.17, 15) is 13.5 Å². The zero-order valence-corrected chi connectivity index (χ0v) is 11.9. The molecule has 5 heteroatoms. The predicted molar refractivity (Wildman–Crippen MR) is 80.6 cm³/mol. The Morgan fingerprint density at radius 1 is 0.762 bits per heavy atom. The average molecular weight is 299 g/mol. The Bertz CT molecular complexity index is 868. The quantitative estimate of drug-likeness (QED) is 0.808. The minimum atomic E-state index is -3.69. The number of phenols is 1. The number of para-hydroxylation sites is 1. The van der Waals surface area contributed by atoms with Gasteiger partial charge in [-0.15, -0.1) is 0 Å². The zero-order chi connectivity index (χ0) is 14.9. The van der Waals surface area contributed by atoms with E-state index in [0.717, 1.165) is 3.97 Å². The van der Waals surface area contributed by atoms with Crippen LogP contribution in [0.2, 0.25) is 0 Å². The van der Waals surface area contributed by atoms with E-state index < -0.39 is 10.0 Å². The summed E-state index contributed by atoms with van der Waals surface area (Å²) in [7, 11) is -3.69. The average Bonchev–Trinajstić information content (AvgIpc) is 3.03. The van der Waals surface area contributed by atoms with Crippen molar-refractivity contribution in [1.82, 2.24) is 3.97 Å². The van der Waals surface area contributed by atoms with Crippen molar-refractivity contribution in [1.29, 1.82) is 0 Å². The van der Waals surface area contributed by atoms with Gasteiger partial charge in [0.2, 0.25) is 0 Å². The molecule has 0 amide bonds. The van der Waals surface area contributed by atoms with Gasteiger partial charge in [-0.05, 0) is 24.3 Å². The third-order valence-electron chi connectivity index (χ3n) is 3.21. The van der Waals surface area contributed by atoms with Crippen LogP contribution in [0, 0.1) is 0 Å². The summed E-state index contributed by atoms with van der Waals surface area (Å²) in [6.07, 6.45) is 2.97. The third-order valence-corrected chi connectivity index (χ3v) is 4.92. The summed E-state index contributed by atoms with van der Waals surface area (Å²) in [5, 5.41) is 9.98. The molecule has 0 aliphatic rings. The van der Waals surface area contributed by atoms with Gasteiger partial charge < -0.3 is 5.11 Å². The second-order valence-corrected chi connectivity index (χ2v) is 6.34. The summed E-state index contributed by atoms with van der Waals surface area (Å²) >= 11 is 0. The summed E-state index contributed by atoms with van der Waals surface area (Å²) in [4.78, 5) is 0.155. The molecule has 21 heavy (non-hydrogen) atoms. The largest absolute Gasteiger partial charge is 0.507 e. The summed E-state index contributed by atoms with van der Waals surface area (Å²) in [5.74, 6) is 0.0488. The molecular weight excluding hydrogens is 286 g/mol. The van der Waals surface area contributed by atoms with E-state index in [1.165, 1.54) is 24.5 Å². The highest BCUT2D eigenvalue weighted by Crippen LogP contribution is 2.34. The van der Waals surface area contributed by atoms with Gasteiger partial charge in [0.15, 0.2) is 0 Å². The molecular formula is C16H13NO3S. The van der Waals surface area contributed by atoms with Crippen LogP contribution >= 0.6 is 0 Å². The highest BCUT2D eigenvalue weighted by atomic mass is 32.2. The lowest BCUT2D eigenvalue weighted by molar-refractivity contribution is 0.477. The van der Waals surface area contributed by atoms with Crippen LogP contribution in [-0.2, 0) is 10.0 Å². The molecule has 0 aliphatic heterocycles. The minimum absolute atomic E-state index is 0.0488. The van der Waals surface area contributed by atoms with Crippen LogP contribution in [0.25, 0.3) is 11.1 Å². The molecule has 0 atom stereocenters. The molecule has 3 aromatic rings. The van der Waals surface area contributed by atoms with Gasteiger partial charge in [-0.1, -0.05) is 36.4 Å². The summed E-state index contributed by atoms with van der Waals surface area (Å²) in [6, 6.07) is 16.6. The van der Waals surface area contributed by atoms with Crippen LogP contribution in [0.15, 0.2) is 78.0 Å².